The van der Waals surface area contributed by atoms with Gasteiger partial charge in [0.2, 0.25) is 5.91 Å². The summed E-state index contributed by atoms with van der Waals surface area (Å²) in [4.78, 5) is 17.1. The normalized spacial score (nSPS) is 10.8. The minimum absolute atomic E-state index is 0.241. The van der Waals surface area contributed by atoms with Crippen LogP contribution in [0.4, 0.5) is 0 Å². The predicted octanol–water partition coefficient (Wildman–Crippen LogP) is -0.635. The third kappa shape index (κ3) is 3.55. The van der Waals surface area contributed by atoms with Crippen LogP contribution in [0.15, 0.2) is 24.7 Å². The van der Waals surface area contributed by atoms with Gasteiger partial charge >= 0.3 is 0 Å². The predicted molar refractivity (Wildman–Crippen MR) is 67.1 cm³/mol. The van der Waals surface area contributed by atoms with Gasteiger partial charge in [-0.1, -0.05) is 13.0 Å². The fourth-order valence-corrected chi connectivity index (χ4v) is 1.67. The van der Waals surface area contributed by atoms with Gasteiger partial charge in [0.25, 0.3) is 0 Å². The number of likely N-dealkylation sites (N-methyl/N-ethyl adjacent to an activating group) is 1. The van der Waals surface area contributed by atoms with Crippen molar-refractivity contribution in [1.82, 2.24) is 30.1 Å². The zero-order valence-corrected chi connectivity index (χ0v) is 10.6. The Kier molecular flexibility index (Phi) is 4.14. The molecule has 0 saturated carbocycles. The molecule has 2 N–H and O–H groups in total. The molecule has 0 aliphatic rings. The first-order valence-electron chi connectivity index (χ1n) is 5.88. The zero-order chi connectivity index (χ0) is 13.7. The number of aromatic nitrogens is 5. The molecule has 0 aliphatic carbocycles. The number of pyridine rings is 1. The highest BCUT2D eigenvalue weighted by atomic mass is 16.1. The zero-order valence-electron chi connectivity index (χ0n) is 10.6. The number of nitrogens with zero attached hydrogens (tertiary/aromatic N) is 6. The smallest absolute Gasteiger partial charge is 0.231 e. The Hall–Kier alpha value is -2.35. The summed E-state index contributed by atoms with van der Waals surface area (Å²) in [6, 6.07) is 3.75. The van der Waals surface area contributed by atoms with E-state index < -0.39 is 0 Å². The van der Waals surface area contributed by atoms with Crippen LogP contribution in [0, 0.1) is 0 Å². The SMILES string of the molecule is CCN(CC(N)=O)Cc1ccc(-n2cnnn2)nc1. The van der Waals surface area contributed by atoms with Gasteiger partial charge in [-0.2, -0.15) is 4.68 Å². The minimum Gasteiger partial charge on any atom is -0.369 e. The standard InChI is InChI=1S/C11H15N7O/c1-2-17(7-10(12)19)6-9-3-4-11(13-5-9)18-8-14-15-16-18/h3-5,8H,2,6-7H2,1H3,(H2,12,19). The van der Waals surface area contributed by atoms with Crippen LogP contribution in [0.1, 0.15) is 12.5 Å². The summed E-state index contributed by atoms with van der Waals surface area (Å²) in [6.07, 6.45) is 3.22. The molecule has 2 rings (SSSR count). The van der Waals surface area contributed by atoms with E-state index in [0.717, 1.165) is 12.1 Å². The Labute approximate surface area is 110 Å². The third-order valence-corrected chi connectivity index (χ3v) is 2.63. The molecule has 0 bridgehead atoms. The van der Waals surface area contributed by atoms with Gasteiger partial charge in [0.1, 0.15) is 6.33 Å². The Balaban J connectivity index is 2.04. The van der Waals surface area contributed by atoms with Crippen molar-refractivity contribution >= 4 is 5.91 Å². The topological polar surface area (TPSA) is 103 Å². The molecule has 0 radical (unpaired) electrons. The number of hydrogen-bond acceptors (Lipinski definition) is 6. The van der Waals surface area contributed by atoms with Crippen molar-refractivity contribution in [3.63, 3.8) is 0 Å². The second-order valence-corrected chi connectivity index (χ2v) is 4.05. The first-order chi connectivity index (χ1) is 9.19. The van der Waals surface area contributed by atoms with Gasteiger partial charge in [-0.15, -0.1) is 5.10 Å². The molecule has 0 atom stereocenters. The van der Waals surface area contributed by atoms with Crippen molar-refractivity contribution in [2.24, 2.45) is 5.73 Å². The molecule has 1 amide bonds. The van der Waals surface area contributed by atoms with E-state index in [1.807, 2.05) is 24.0 Å². The van der Waals surface area contributed by atoms with Crippen LogP contribution in [0.5, 0.6) is 0 Å². The van der Waals surface area contributed by atoms with E-state index in [1.54, 1.807) is 6.20 Å². The Morgan fingerprint density at radius 3 is 2.84 bits per heavy atom. The van der Waals surface area contributed by atoms with E-state index in [1.165, 1.54) is 11.0 Å². The lowest BCUT2D eigenvalue weighted by molar-refractivity contribution is -0.119. The third-order valence-electron chi connectivity index (χ3n) is 2.63. The molecule has 2 aromatic rings. The number of nitrogens with two attached hydrogens (primary N) is 1. The number of hydrogen-bond donors (Lipinski definition) is 1. The molecular formula is C11H15N7O. The van der Waals surface area contributed by atoms with E-state index in [4.69, 9.17) is 5.73 Å². The van der Waals surface area contributed by atoms with Gasteiger partial charge in [0, 0.05) is 12.7 Å². The van der Waals surface area contributed by atoms with Crippen LogP contribution >= 0.6 is 0 Å². The van der Waals surface area contributed by atoms with E-state index in [-0.39, 0.29) is 12.5 Å². The van der Waals surface area contributed by atoms with Crippen LogP contribution in [0.2, 0.25) is 0 Å². The number of rotatable bonds is 6. The van der Waals surface area contributed by atoms with Gasteiger partial charge in [0.15, 0.2) is 5.82 Å². The van der Waals surface area contributed by atoms with E-state index >= 15 is 0 Å². The maximum Gasteiger partial charge on any atom is 0.231 e. The summed E-state index contributed by atoms with van der Waals surface area (Å²) >= 11 is 0. The van der Waals surface area contributed by atoms with Gasteiger partial charge in [-0.05, 0) is 28.6 Å². The van der Waals surface area contributed by atoms with Gasteiger partial charge in [-0.25, -0.2) is 4.98 Å². The highest BCUT2D eigenvalue weighted by molar-refractivity contribution is 5.75. The number of carbonyl (C=O) groups is 1. The van der Waals surface area contributed by atoms with Crippen LogP contribution < -0.4 is 5.73 Å². The van der Waals surface area contributed by atoms with Crippen LogP contribution in [-0.4, -0.2) is 49.1 Å². The minimum atomic E-state index is -0.333. The van der Waals surface area contributed by atoms with E-state index in [0.29, 0.717) is 12.4 Å². The molecule has 8 nitrogen and oxygen atoms in total. The lowest BCUT2D eigenvalue weighted by Crippen LogP contribution is -2.33. The molecule has 0 aromatic carbocycles. The van der Waals surface area contributed by atoms with Crippen LogP contribution in [0.25, 0.3) is 5.82 Å². The molecule has 0 aliphatic heterocycles. The first-order valence-corrected chi connectivity index (χ1v) is 5.88. The Morgan fingerprint density at radius 1 is 1.47 bits per heavy atom. The van der Waals surface area contributed by atoms with E-state index in [2.05, 4.69) is 20.5 Å². The molecule has 2 aromatic heterocycles. The Bertz CT molecular complexity index is 522. The quantitative estimate of drug-likeness (QED) is 0.742. The molecule has 0 saturated heterocycles. The van der Waals surface area contributed by atoms with Crippen molar-refractivity contribution in [3.05, 3.63) is 30.2 Å². The van der Waals surface area contributed by atoms with Crippen molar-refractivity contribution in [3.8, 4) is 5.82 Å². The summed E-state index contributed by atoms with van der Waals surface area (Å²) in [7, 11) is 0. The largest absolute Gasteiger partial charge is 0.369 e. The molecule has 8 heteroatoms. The summed E-state index contributed by atoms with van der Waals surface area (Å²) < 4.78 is 1.48. The van der Waals surface area contributed by atoms with Gasteiger partial charge in [-0.3, -0.25) is 9.69 Å². The fourth-order valence-electron chi connectivity index (χ4n) is 1.67. The summed E-state index contributed by atoms with van der Waals surface area (Å²) in [5.41, 5.74) is 6.19. The molecule has 0 spiro atoms. The van der Waals surface area contributed by atoms with Crippen molar-refractivity contribution in [2.45, 2.75) is 13.5 Å². The lowest BCUT2D eigenvalue weighted by atomic mass is 10.2. The van der Waals surface area contributed by atoms with Crippen molar-refractivity contribution in [1.29, 1.82) is 0 Å². The molecule has 0 unspecified atom stereocenters. The molecule has 100 valence electrons. The molecule has 19 heavy (non-hydrogen) atoms. The number of carbonyl (C=O) groups excluding carboxylic acids is 1. The van der Waals surface area contributed by atoms with Crippen LogP contribution in [0.3, 0.4) is 0 Å². The highest BCUT2D eigenvalue weighted by Gasteiger charge is 2.07. The fraction of sp³-hybridized carbons (Fsp3) is 0.364. The number of tetrazole rings is 1. The van der Waals surface area contributed by atoms with Gasteiger partial charge < -0.3 is 5.73 Å². The molecule has 2 heterocycles. The average molecular weight is 261 g/mol. The summed E-state index contributed by atoms with van der Waals surface area (Å²) in [6.45, 7) is 3.59. The summed E-state index contributed by atoms with van der Waals surface area (Å²) in [5, 5.41) is 10.9. The maximum atomic E-state index is 10.9. The second kappa shape index (κ2) is 6.01. The summed E-state index contributed by atoms with van der Waals surface area (Å²) in [5.74, 6) is 0.312. The van der Waals surface area contributed by atoms with E-state index in [9.17, 15) is 4.79 Å². The highest BCUT2D eigenvalue weighted by Crippen LogP contribution is 2.06. The van der Waals surface area contributed by atoms with Crippen LogP contribution in [-0.2, 0) is 11.3 Å². The van der Waals surface area contributed by atoms with Crippen molar-refractivity contribution in [2.75, 3.05) is 13.1 Å². The van der Waals surface area contributed by atoms with Crippen molar-refractivity contribution < 1.29 is 4.79 Å². The molecular weight excluding hydrogens is 246 g/mol. The maximum absolute atomic E-state index is 10.9. The number of primary amides is 1. The van der Waals surface area contributed by atoms with Gasteiger partial charge in [0.05, 0.1) is 6.54 Å². The lowest BCUT2D eigenvalue weighted by Gasteiger charge is -2.18. The number of amides is 1. The Morgan fingerprint density at radius 2 is 2.32 bits per heavy atom. The first kappa shape index (κ1) is 13.1. The average Bonchev–Trinajstić information content (AvgIpc) is 2.92. The molecule has 0 fully saturated rings. The second-order valence-electron chi connectivity index (χ2n) is 4.05. The monoisotopic (exact) mass is 261 g/mol.